The maximum Gasteiger partial charge on any atom is 0.247 e. The van der Waals surface area contributed by atoms with Crippen molar-refractivity contribution in [1.29, 1.82) is 0 Å². The summed E-state index contributed by atoms with van der Waals surface area (Å²) in [5.41, 5.74) is 2.86. The molecule has 0 fully saturated rings. The minimum Gasteiger partial charge on any atom is -0.421 e. The number of nitrogens with zero attached hydrogens (tertiary/aromatic N) is 3. The molecule has 0 spiro atoms. The predicted octanol–water partition coefficient (Wildman–Crippen LogP) is 3.30. The third-order valence-electron chi connectivity index (χ3n) is 3.06. The molecule has 1 aromatic carbocycles. The summed E-state index contributed by atoms with van der Waals surface area (Å²) in [5.74, 6) is 2.57. The van der Waals surface area contributed by atoms with Gasteiger partial charge >= 0.3 is 0 Å². The van der Waals surface area contributed by atoms with Crippen molar-refractivity contribution < 1.29 is 4.42 Å². The number of hydrogen-bond donors (Lipinski definition) is 1. The van der Waals surface area contributed by atoms with Crippen molar-refractivity contribution in [1.82, 2.24) is 20.2 Å². The van der Waals surface area contributed by atoms with Gasteiger partial charge in [0.25, 0.3) is 0 Å². The zero-order chi connectivity index (χ0) is 13.4. The summed E-state index contributed by atoms with van der Waals surface area (Å²) in [7, 11) is 0. The molecule has 0 bridgehead atoms. The molecule has 2 aromatic heterocycles. The van der Waals surface area contributed by atoms with Crippen LogP contribution in [0.5, 0.6) is 0 Å². The quantitative estimate of drug-likeness (QED) is 0.780. The van der Waals surface area contributed by atoms with Crippen LogP contribution in [0.25, 0.3) is 22.5 Å². The minimum absolute atomic E-state index is 0.381. The van der Waals surface area contributed by atoms with Crippen LogP contribution < -0.4 is 0 Å². The molecule has 0 amide bonds. The summed E-state index contributed by atoms with van der Waals surface area (Å²) < 4.78 is 5.56. The van der Waals surface area contributed by atoms with Gasteiger partial charge in [-0.25, -0.2) is 4.98 Å². The number of benzene rings is 1. The van der Waals surface area contributed by atoms with Crippen molar-refractivity contribution in [2.75, 3.05) is 0 Å². The first-order chi connectivity index (χ1) is 9.17. The van der Waals surface area contributed by atoms with Gasteiger partial charge in [0.2, 0.25) is 11.8 Å². The predicted molar refractivity (Wildman–Crippen MR) is 72.9 cm³/mol. The van der Waals surface area contributed by atoms with E-state index in [1.165, 1.54) is 0 Å². The molecule has 5 nitrogen and oxygen atoms in total. The average Bonchev–Trinajstić information content (AvgIpc) is 3.04. The standard InChI is InChI=1S/C14H16N4O/c1-4-12-17-18-14(19-12)9-5-6-10-11(7-9)16-13(15-10)8(2)3/h5-8H,4H2,1-3H3,(H,15,16). The average molecular weight is 256 g/mol. The van der Waals surface area contributed by atoms with Crippen molar-refractivity contribution in [3.05, 3.63) is 29.9 Å². The molecule has 0 saturated carbocycles. The Morgan fingerprint density at radius 2 is 2.11 bits per heavy atom. The molecule has 0 unspecified atom stereocenters. The lowest BCUT2D eigenvalue weighted by atomic mass is 10.2. The summed E-state index contributed by atoms with van der Waals surface area (Å²) in [6.07, 6.45) is 0.745. The van der Waals surface area contributed by atoms with E-state index in [2.05, 4.69) is 34.0 Å². The van der Waals surface area contributed by atoms with Crippen LogP contribution in [0.3, 0.4) is 0 Å². The van der Waals surface area contributed by atoms with Crippen LogP contribution in [-0.2, 0) is 6.42 Å². The SMILES string of the molecule is CCc1nnc(-c2ccc3[nH]c(C(C)C)nc3c2)o1. The molecule has 3 aromatic rings. The van der Waals surface area contributed by atoms with E-state index in [1.807, 2.05) is 25.1 Å². The Morgan fingerprint density at radius 3 is 2.79 bits per heavy atom. The van der Waals surface area contributed by atoms with Gasteiger partial charge < -0.3 is 9.40 Å². The van der Waals surface area contributed by atoms with Crippen LogP contribution in [0.15, 0.2) is 22.6 Å². The number of aromatic nitrogens is 4. The van der Waals surface area contributed by atoms with Gasteiger partial charge in [0.05, 0.1) is 11.0 Å². The molecular formula is C14H16N4O. The highest BCUT2D eigenvalue weighted by molar-refractivity contribution is 5.80. The van der Waals surface area contributed by atoms with Crippen molar-refractivity contribution in [3.8, 4) is 11.5 Å². The number of H-pyrrole nitrogens is 1. The Kier molecular flexibility index (Phi) is 2.81. The Balaban J connectivity index is 2.05. The van der Waals surface area contributed by atoms with Crippen molar-refractivity contribution in [2.24, 2.45) is 0 Å². The molecule has 0 aliphatic rings. The summed E-state index contributed by atoms with van der Waals surface area (Å²) >= 11 is 0. The van der Waals surface area contributed by atoms with Gasteiger partial charge in [-0.3, -0.25) is 0 Å². The lowest BCUT2D eigenvalue weighted by Gasteiger charge is -1.95. The second-order valence-electron chi connectivity index (χ2n) is 4.86. The van der Waals surface area contributed by atoms with Gasteiger partial charge in [-0.1, -0.05) is 20.8 Å². The molecule has 1 N–H and O–H groups in total. The van der Waals surface area contributed by atoms with E-state index in [1.54, 1.807) is 0 Å². The van der Waals surface area contributed by atoms with Gasteiger partial charge in [0.15, 0.2) is 0 Å². The van der Waals surface area contributed by atoms with Gasteiger partial charge in [0, 0.05) is 17.9 Å². The van der Waals surface area contributed by atoms with Crippen LogP contribution in [-0.4, -0.2) is 20.2 Å². The van der Waals surface area contributed by atoms with Crippen molar-refractivity contribution in [3.63, 3.8) is 0 Å². The number of aromatic amines is 1. The maximum atomic E-state index is 5.56. The number of fused-ring (bicyclic) bond motifs is 1. The monoisotopic (exact) mass is 256 g/mol. The van der Waals surface area contributed by atoms with Crippen molar-refractivity contribution >= 4 is 11.0 Å². The first kappa shape index (κ1) is 11.9. The highest BCUT2D eigenvalue weighted by Gasteiger charge is 2.11. The molecule has 0 saturated heterocycles. The van der Waals surface area contributed by atoms with Crippen LogP contribution in [0.1, 0.15) is 38.4 Å². The van der Waals surface area contributed by atoms with Crippen LogP contribution in [0.4, 0.5) is 0 Å². The molecule has 0 aliphatic heterocycles. The number of rotatable bonds is 3. The zero-order valence-electron chi connectivity index (χ0n) is 11.3. The smallest absolute Gasteiger partial charge is 0.247 e. The number of aryl methyl sites for hydroxylation is 1. The molecule has 98 valence electrons. The van der Waals surface area contributed by atoms with Gasteiger partial charge in [-0.15, -0.1) is 10.2 Å². The van der Waals surface area contributed by atoms with E-state index in [-0.39, 0.29) is 0 Å². The minimum atomic E-state index is 0.381. The van der Waals surface area contributed by atoms with Gasteiger partial charge in [-0.2, -0.15) is 0 Å². The summed E-state index contributed by atoms with van der Waals surface area (Å²) in [4.78, 5) is 7.89. The van der Waals surface area contributed by atoms with E-state index in [0.29, 0.717) is 17.7 Å². The fraction of sp³-hybridized carbons (Fsp3) is 0.357. The van der Waals surface area contributed by atoms with E-state index in [9.17, 15) is 0 Å². The summed E-state index contributed by atoms with van der Waals surface area (Å²) in [6.45, 7) is 6.22. The molecule has 2 heterocycles. The normalized spacial score (nSPS) is 11.6. The first-order valence-corrected chi connectivity index (χ1v) is 6.49. The van der Waals surface area contributed by atoms with Crippen LogP contribution in [0.2, 0.25) is 0 Å². The van der Waals surface area contributed by atoms with E-state index in [0.717, 1.165) is 28.8 Å². The fourth-order valence-corrected chi connectivity index (χ4v) is 1.95. The molecular weight excluding hydrogens is 240 g/mol. The lowest BCUT2D eigenvalue weighted by Crippen LogP contribution is -1.88. The highest BCUT2D eigenvalue weighted by atomic mass is 16.4. The van der Waals surface area contributed by atoms with E-state index >= 15 is 0 Å². The summed E-state index contributed by atoms with van der Waals surface area (Å²) in [6, 6.07) is 5.95. The number of imidazole rings is 1. The van der Waals surface area contributed by atoms with Crippen molar-refractivity contribution in [2.45, 2.75) is 33.1 Å². The second-order valence-corrected chi connectivity index (χ2v) is 4.86. The van der Waals surface area contributed by atoms with Gasteiger partial charge in [0.1, 0.15) is 5.82 Å². The Bertz CT molecular complexity index is 711. The molecule has 19 heavy (non-hydrogen) atoms. The third kappa shape index (κ3) is 2.12. The summed E-state index contributed by atoms with van der Waals surface area (Å²) in [5, 5.41) is 8.03. The third-order valence-corrected chi connectivity index (χ3v) is 3.06. The lowest BCUT2D eigenvalue weighted by molar-refractivity contribution is 0.513. The van der Waals surface area contributed by atoms with Crippen LogP contribution >= 0.6 is 0 Å². The van der Waals surface area contributed by atoms with E-state index in [4.69, 9.17) is 4.42 Å². The van der Waals surface area contributed by atoms with E-state index < -0.39 is 0 Å². The Morgan fingerprint density at radius 1 is 1.26 bits per heavy atom. The molecule has 0 atom stereocenters. The fourth-order valence-electron chi connectivity index (χ4n) is 1.95. The topological polar surface area (TPSA) is 67.6 Å². The second kappa shape index (κ2) is 4.50. The molecule has 0 radical (unpaired) electrons. The molecule has 3 rings (SSSR count). The largest absolute Gasteiger partial charge is 0.421 e. The zero-order valence-corrected chi connectivity index (χ0v) is 11.3. The Hall–Kier alpha value is -2.17. The number of nitrogens with one attached hydrogen (secondary N) is 1. The molecule has 0 aliphatic carbocycles. The van der Waals surface area contributed by atoms with Crippen LogP contribution in [0, 0.1) is 0 Å². The maximum absolute atomic E-state index is 5.56. The first-order valence-electron chi connectivity index (χ1n) is 6.49. The molecule has 5 heteroatoms. The number of hydrogen-bond acceptors (Lipinski definition) is 4. The van der Waals surface area contributed by atoms with Gasteiger partial charge in [-0.05, 0) is 18.2 Å². The highest BCUT2D eigenvalue weighted by Crippen LogP contribution is 2.24. The Labute approximate surface area is 111 Å².